The molecule has 0 bridgehead atoms. The Hall–Kier alpha value is -0.780. The molecule has 0 saturated heterocycles. The van der Waals surface area contributed by atoms with Crippen LogP contribution in [0.3, 0.4) is 0 Å². The molecule has 116 valence electrons. The average molecular weight is 350 g/mol. The molecule has 1 saturated carbocycles. The number of rotatable bonds is 5. The zero-order chi connectivity index (χ0) is 15.7. The van der Waals surface area contributed by atoms with Gasteiger partial charge in [0, 0.05) is 17.2 Å². The molecule has 1 N–H and O–H groups in total. The van der Waals surface area contributed by atoms with Crippen LogP contribution in [0.4, 0.5) is 0 Å². The van der Waals surface area contributed by atoms with Crippen LogP contribution in [0.5, 0.6) is 0 Å². The molecule has 0 radical (unpaired) electrons. The van der Waals surface area contributed by atoms with Crippen LogP contribution >= 0.6 is 22.3 Å². The Morgan fingerprint density at radius 2 is 2.05 bits per heavy atom. The molecule has 2 rings (SSSR count). The molecule has 0 heterocycles. The van der Waals surface area contributed by atoms with Gasteiger partial charge in [0.2, 0.25) is 0 Å². The van der Waals surface area contributed by atoms with Gasteiger partial charge in [-0.25, -0.2) is 8.42 Å². The summed E-state index contributed by atoms with van der Waals surface area (Å²) < 4.78 is 22.7. The monoisotopic (exact) mass is 349 g/mol. The van der Waals surface area contributed by atoms with Crippen LogP contribution < -0.4 is 5.32 Å². The third kappa shape index (κ3) is 3.71. The van der Waals surface area contributed by atoms with Gasteiger partial charge in [0.15, 0.2) is 0 Å². The maximum absolute atomic E-state index is 12.2. The fourth-order valence-electron chi connectivity index (χ4n) is 2.53. The SMILES string of the molecule is CCC1(CNC(=O)c2cc(S(=O)(=O)Cl)ccc2Cl)CCC1. The first-order valence-corrected chi connectivity index (χ1v) is 9.49. The van der Waals surface area contributed by atoms with Crippen LogP contribution in [0, 0.1) is 5.41 Å². The van der Waals surface area contributed by atoms with E-state index in [9.17, 15) is 13.2 Å². The van der Waals surface area contributed by atoms with Gasteiger partial charge in [-0.2, -0.15) is 0 Å². The van der Waals surface area contributed by atoms with Crippen LogP contribution in [0.2, 0.25) is 5.02 Å². The topological polar surface area (TPSA) is 63.2 Å². The second-order valence-corrected chi connectivity index (χ2v) is 8.44. The van der Waals surface area contributed by atoms with E-state index in [1.54, 1.807) is 0 Å². The summed E-state index contributed by atoms with van der Waals surface area (Å²) in [5.74, 6) is -0.373. The molecule has 1 aromatic rings. The van der Waals surface area contributed by atoms with Crippen molar-refractivity contribution in [1.29, 1.82) is 0 Å². The summed E-state index contributed by atoms with van der Waals surface area (Å²) in [5, 5.41) is 3.06. The minimum atomic E-state index is -3.88. The highest BCUT2D eigenvalue weighted by Gasteiger charge is 2.35. The molecule has 0 atom stereocenters. The van der Waals surface area contributed by atoms with Crippen LogP contribution in [0.25, 0.3) is 0 Å². The molecule has 4 nitrogen and oxygen atoms in total. The average Bonchev–Trinajstić information content (AvgIpc) is 2.36. The Morgan fingerprint density at radius 3 is 2.52 bits per heavy atom. The van der Waals surface area contributed by atoms with Crippen molar-refractivity contribution in [3.05, 3.63) is 28.8 Å². The van der Waals surface area contributed by atoms with Gasteiger partial charge < -0.3 is 5.32 Å². The molecule has 0 unspecified atom stereocenters. The fraction of sp³-hybridized carbons (Fsp3) is 0.500. The molecular formula is C14H17Cl2NO3S. The minimum absolute atomic E-state index is 0.129. The smallest absolute Gasteiger partial charge is 0.261 e. The number of hydrogen-bond donors (Lipinski definition) is 1. The summed E-state index contributed by atoms with van der Waals surface area (Å²) in [6, 6.07) is 3.85. The summed E-state index contributed by atoms with van der Waals surface area (Å²) in [4.78, 5) is 12.1. The quantitative estimate of drug-likeness (QED) is 0.826. The predicted molar refractivity (Wildman–Crippen MR) is 83.4 cm³/mol. The maximum atomic E-state index is 12.2. The van der Waals surface area contributed by atoms with Gasteiger partial charge in [-0.3, -0.25) is 4.79 Å². The molecule has 1 aromatic carbocycles. The summed E-state index contributed by atoms with van der Waals surface area (Å²) in [7, 11) is 1.41. The summed E-state index contributed by atoms with van der Waals surface area (Å²) in [6.45, 7) is 2.69. The number of carbonyl (C=O) groups is 1. The van der Waals surface area contributed by atoms with Gasteiger partial charge in [0.05, 0.1) is 15.5 Å². The van der Waals surface area contributed by atoms with Gasteiger partial charge in [-0.1, -0.05) is 24.9 Å². The van der Waals surface area contributed by atoms with Gasteiger partial charge in [-0.15, -0.1) is 0 Å². The van der Waals surface area contributed by atoms with E-state index in [1.807, 2.05) is 0 Å². The zero-order valence-electron chi connectivity index (χ0n) is 11.7. The van der Waals surface area contributed by atoms with Crippen LogP contribution in [0.1, 0.15) is 43.0 Å². The van der Waals surface area contributed by atoms with Gasteiger partial charge in [-0.05, 0) is 42.9 Å². The first-order chi connectivity index (χ1) is 9.77. The maximum Gasteiger partial charge on any atom is 0.261 e. The number of carbonyl (C=O) groups excluding carboxylic acids is 1. The fourth-order valence-corrected chi connectivity index (χ4v) is 3.51. The van der Waals surface area contributed by atoms with Crippen molar-refractivity contribution < 1.29 is 13.2 Å². The summed E-state index contributed by atoms with van der Waals surface area (Å²) in [6.07, 6.45) is 4.41. The Morgan fingerprint density at radius 1 is 1.38 bits per heavy atom. The van der Waals surface area contributed by atoms with Crippen molar-refractivity contribution in [3.63, 3.8) is 0 Å². The third-order valence-electron chi connectivity index (χ3n) is 4.25. The highest BCUT2D eigenvalue weighted by molar-refractivity contribution is 8.13. The Labute approximate surface area is 134 Å². The second-order valence-electron chi connectivity index (χ2n) is 5.47. The molecule has 1 aliphatic carbocycles. The number of nitrogens with one attached hydrogen (secondary N) is 1. The molecule has 0 aliphatic heterocycles. The Kier molecular flexibility index (Phi) is 4.85. The van der Waals surface area contributed by atoms with Crippen molar-refractivity contribution in [2.75, 3.05) is 6.54 Å². The predicted octanol–water partition coefficient (Wildman–Crippen LogP) is 3.58. The Balaban J connectivity index is 2.15. The number of halogens is 2. The standard InChI is InChI=1S/C14H17Cl2NO3S/c1-2-14(6-3-7-14)9-17-13(18)11-8-10(21(16,19)20)4-5-12(11)15/h4-5,8H,2-3,6-7,9H2,1H3,(H,17,18). The Bertz CT molecular complexity index is 649. The largest absolute Gasteiger partial charge is 0.351 e. The van der Waals surface area contributed by atoms with Gasteiger partial charge in [0.1, 0.15) is 0 Å². The molecular weight excluding hydrogens is 333 g/mol. The van der Waals surface area contributed by atoms with E-state index in [-0.39, 0.29) is 26.8 Å². The molecule has 7 heteroatoms. The first-order valence-electron chi connectivity index (χ1n) is 6.80. The van der Waals surface area contributed by atoms with Crippen molar-refractivity contribution in [3.8, 4) is 0 Å². The zero-order valence-corrected chi connectivity index (χ0v) is 14.0. The molecule has 1 aliphatic rings. The third-order valence-corrected chi connectivity index (χ3v) is 5.93. The van der Waals surface area contributed by atoms with E-state index in [0.29, 0.717) is 6.54 Å². The van der Waals surface area contributed by atoms with Gasteiger partial charge >= 0.3 is 0 Å². The van der Waals surface area contributed by atoms with E-state index in [1.165, 1.54) is 24.6 Å². The molecule has 0 spiro atoms. The lowest BCUT2D eigenvalue weighted by Gasteiger charge is -2.41. The van der Waals surface area contributed by atoms with E-state index in [4.69, 9.17) is 22.3 Å². The highest BCUT2D eigenvalue weighted by Crippen LogP contribution is 2.43. The lowest BCUT2D eigenvalue weighted by atomic mass is 9.67. The number of hydrogen-bond acceptors (Lipinski definition) is 3. The second kappa shape index (κ2) is 6.15. The minimum Gasteiger partial charge on any atom is -0.351 e. The molecule has 0 aromatic heterocycles. The van der Waals surface area contributed by atoms with Crippen LogP contribution in [0.15, 0.2) is 23.1 Å². The van der Waals surface area contributed by atoms with E-state index < -0.39 is 9.05 Å². The molecule has 1 fully saturated rings. The van der Waals surface area contributed by atoms with Crippen molar-refractivity contribution in [2.45, 2.75) is 37.5 Å². The van der Waals surface area contributed by atoms with E-state index in [0.717, 1.165) is 19.3 Å². The normalized spacial score (nSPS) is 17.1. The van der Waals surface area contributed by atoms with Crippen LogP contribution in [-0.2, 0) is 9.05 Å². The van der Waals surface area contributed by atoms with Crippen molar-refractivity contribution >= 4 is 37.2 Å². The molecule has 1 amide bonds. The lowest BCUT2D eigenvalue weighted by Crippen LogP contribution is -2.41. The lowest BCUT2D eigenvalue weighted by molar-refractivity contribution is 0.0850. The van der Waals surface area contributed by atoms with E-state index >= 15 is 0 Å². The van der Waals surface area contributed by atoms with Gasteiger partial charge in [0.25, 0.3) is 15.0 Å². The molecule has 21 heavy (non-hydrogen) atoms. The number of benzene rings is 1. The van der Waals surface area contributed by atoms with Crippen molar-refractivity contribution in [1.82, 2.24) is 5.32 Å². The number of amides is 1. The highest BCUT2D eigenvalue weighted by atomic mass is 35.7. The first kappa shape index (κ1) is 16.6. The van der Waals surface area contributed by atoms with Crippen LogP contribution in [-0.4, -0.2) is 20.9 Å². The van der Waals surface area contributed by atoms with E-state index in [2.05, 4.69) is 12.2 Å². The van der Waals surface area contributed by atoms with Crippen molar-refractivity contribution in [2.24, 2.45) is 5.41 Å². The summed E-state index contributed by atoms with van der Waals surface area (Å²) >= 11 is 5.97. The summed E-state index contributed by atoms with van der Waals surface area (Å²) in [5.41, 5.74) is 0.308.